The first kappa shape index (κ1) is 16.0. The molecule has 2 unspecified atom stereocenters. The van der Waals surface area contributed by atoms with Crippen LogP contribution in [0.15, 0.2) is 28.7 Å². The molecule has 0 saturated heterocycles. The zero-order chi connectivity index (χ0) is 14.8. The van der Waals surface area contributed by atoms with Crippen LogP contribution < -0.4 is 5.73 Å². The normalized spacial score (nSPS) is 30.7. The molecule has 1 aromatic rings. The molecule has 1 saturated carbocycles. The highest BCUT2D eigenvalue weighted by Crippen LogP contribution is 2.39. The van der Waals surface area contributed by atoms with Gasteiger partial charge < -0.3 is 5.73 Å². The third-order valence-corrected chi connectivity index (χ3v) is 5.31. The van der Waals surface area contributed by atoms with Crippen molar-refractivity contribution in [2.45, 2.75) is 45.2 Å². The maximum atomic E-state index is 6.19. The van der Waals surface area contributed by atoms with Gasteiger partial charge in [0.25, 0.3) is 0 Å². The minimum atomic E-state index is 0.171. The first-order valence-corrected chi connectivity index (χ1v) is 8.40. The molecule has 0 aliphatic heterocycles. The van der Waals surface area contributed by atoms with Crippen LogP contribution in [-0.2, 0) is 6.54 Å². The predicted molar refractivity (Wildman–Crippen MR) is 89.6 cm³/mol. The number of benzene rings is 1. The number of hydrogen-bond acceptors (Lipinski definition) is 2. The monoisotopic (exact) mass is 338 g/mol. The van der Waals surface area contributed by atoms with Gasteiger partial charge in [-0.15, -0.1) is 0 Å². The Kier molecular flexibility index (Phi) is 5.27. The van der Waals surface area contributed by atoms with E-state index in [2.05, 4.69) is 66.0 Å². The lowest BCUT2D eigenvalue weighted by Crippen LogP contribution is -2.55. The fourth-order valence-electron chi connectivity index (χ4n) is 3.90. The van der Waals surface area contributed by atoms with Crippen molar-refractivity contribution in [3.63, 3.8) is 0 Å². The smallest absolute Gasteiger partial charge is 0.0337 e. The molecule has 0 heterocycles. The Bertz CT molecular complexity index is 419. The van der Waals surface area contributed by atoms with Crippen LogP contribution in [0.5, 0.6) is 0 Å². The Morgan fingerprint density at radius 1 is 1.20 bits per heavy atom. The Morgan fingerprint density at radius 3 is 2.25 bits per heavy atom. The van der Waals surface area contributed by atoms with Gasteiger partial charge in [0.2, 0.25) is 0 Å². The summed E-state index contributed by atoms with van der Waals surface area (Å²) in [4.78, 5) is 2.49. The van der Waals surface area contributed by atoms with Gasteiger partial charge >= 0.3 is 0 Å². The van der Waals surface area contributed by atoms with Crippen molar-refractivity contribution >= 4 is 15.9 Å². The molecule has 0 spiro atoms. The molecule has 2 atom stereocenters. The van der Waals surface area contributed by atoms with E-state index in [0.717, 1.165) is 29.4 Å². The number of rotatable bonds is 4. The van der Waals surface area contributed by atoms with E-state index in [4.69, 9.17) is 5.73 Å². The van der Waals surface area contributed by atoms with Gasteiger partial charge in [-0.2, -0.15) is 0 Å². The van der Waals surface area contributed by atoms with Gasteiger partial charge in [-0.3, -0.25) is 4.90 Å². The van der Waals surface area contributed by atoms with Crippen molar-refractivity contribution in [3.05, 3.63) is 34.3 Å². The predicted octanol–water partition coefficient (Wildman–Crippen LogP) is 4.03. The van der Waals surface area contributed by atoms with E-state index in [1.54, 1.807) is 0 Å². The molecule has 1 aromatic carbocycles. The number of nitrogens with zero attached hydrogens (tertiary/aromatic N) is 1. The molecule has 2 N–H and O–H groups in total. The highest BCUT2D eigenvalue weighted by molar-refractivity contribution is 9.10. The van der Waals surface area contributed by atoms with Gasteiger partial charge in [-0.05, 0) is 55.8 Å². The van der Waals surface area contributed by atoms with Crippen LogP contribution in [0.4, 0.5) is 0 Å². The van der Waals surface area contributed by atoms with E-state index in [1.165, 1.54) is 24.8 Å². The van der Waals surface area contributed by atoms with E-state index >= 15 is 0 Å². The van der Waals surface area contributed by atoms with Crippen molar-refractivity contribution in [1.29, 1.82) is 0 Å². The molecule has 2 rings (SSSR count). The fourth-order valence-corrected chi connectivity index (χ4v) is 4.16. The van der Waals surface area contributed by atoms with Crippen LogP contribution in [0.25, 0.3) is 0 Å². The molecule has 0 bridgehead atoms. The van der Waals surface area contributed by atoms with Gasteiger partial charge in [0.05, 0.1) is 0 Å². The number of halogens is 1. The molecule has 1 aliphatic rings. The Hall–Kier alpha value is -0.380. The summed E-state index contributed by atoms with van der Waals surface area (Å²) in [7, 11) is 2.24. The van der Waals surface area contributed by atoms with E-state index in [1.807, 2.05) is 0 Å². The second-order valence-electron chi connectivity index (χ2n) is 6.77. The fraction of sp³-hybridized carbons (Fsp3) is 0.647. The Balaban J connectivity index is 2.11. The van der Waals surface area contributed by atoms with Gasteiger partial charge in [-0.1, -0.05) is 41.9 Å². The van der Waals surface area contributed by atoms with Gasteiger partial charge in [-0.25, -0.2) is 0 Å². The summed E-state index contributed by atoms with van der Waals surface area (Å²) in [5.74, 6) is 1.55. The lowest BCUT2D eigenvalue weighted by atomic mass is 9.70. The average Bonchev–Trinajstić information content (AvgIpc) is 2.40. The molecular formula is C17H27BrN2. The summed E-state index contributed by atoms with van der Waals surface area (Å²) in [5, 5.41) is 0. The maximum Gasteiger partial charge on any atom is 0.0337 e. The number of hydrogen-bond donors (Lipinski definition) is 1. The standard InChI is InChI=1S/C17H27BrN2/c1-13-8-14(2)10-17(9-13,12-19)20(3)11-15-4-6-16(18)7-5-15/h4-7,13-14H,8-12,19H2,1-3H3. The summed E-state index contributed by atoms with van der Waals surface area (Å²) in [6, 6.07) is 8.62. The van der Waals surface area contributed by atoms with Gasteiger partial charge in [0, 0.05) is 23.1 Å². The SMILES string of the molecule is CC1CC(C)CC(CN)(N(C)Cc2ccc(Br)cc2)C1. The second-order valence-corrected chi connectivity index (χ2v) is 7.68. The van der Waals surface area contributed by atoms with Crippen LogP contribution in [0.3, 0.4) is 0 Å². The molecule has 1 aliphatic carbocycles. The third kappa shape index (κ3) is 3.63. The number of nitrogens with two attached hydrogens (primary N) is 1. The van der Waals surface area contributed by atoms with Crippen molar-refractivity contribution in [3.8, 4) is 0 Å². The zero-order valence-electron chi connectivity index (χ0n) is 12.9. The topological polar surface area (TPSA) is 29.3 Å². The first-order chi connectivity index (χ1) is 9.45. The summed E-state index contributed by atoms with van der Waals surface area (Å²) in [6.45, 7) is 6.47. The van der Waals surface area contributed by atoms with E-state index in [-0.39, 0.29) is 5.54 Å². The van der Waals surface area contributed by atoms with Crippen molar-refractivity contribution < 1.29 is 0 Å². The lowest BCUT2D eigenvalue weighted by molar-refractivity contribution is 0.0333. The van der Waals surface area contributed by atoms with Crippen molar-refractivity contribution in [2.24, 2.45) is 17.6 Å². The van der Waals surface area contributed by atoms with Gasteiger partial charge in [0.15, 0.2) is 0 Å². The van der Waals surface area contributed by atoms with E-state index < -0.39 is 0 Å². The van der Waals surface area contributed by atoms with Crippen molar-refractivity contribution in [1.82, 2.24) is 4.90 Å². The molecule has 0 aromatic heterocycles. The highest BCUT2D eigenvalue weighted by atomic mass is 79.9. The molecule has 3 heteroatoms. The highest BCUT2D eigenvalue weighted by Gasteiger charge is 2.39. The van der Waals surface area contributed by atoms with Crippen LogP contribution in [-0.4, -0.2) is 24.0 Å². The second kappa shape index (κ2) is 6.59. The summed E-state index contributed by atoms with van der Waals surface area (Å²) in [6.07, 6.45) is 3.79. The third-order valence-electron chi connectivity index (χ3n) is 4.78. The van der Waals surface area contributed by atoms with Gasteiger partial charge in [0.1, 0.15) is 0 Å². The van der Waals surface area contributed by atoms with E-state index in [0.29, 0.717) is 0 Å². The zero-order valence-corrected chi connectivity index (χ0v) is 14.5. The van der Waals surface area contributed by atoms with Crippen LogP contribution in [0.2, 0.25) is 0 Å². The molecule has 112 valence electrons. The Labute approximate surface area is 131 Å². The minimum Gasteiger partial charge on any atom is -0.329 e. The summed E-state index contributed by atoms with van der Waals surface area (Å²) in [5.41, 5.74) is 7.72. The van der Waals surface area contributed by atoms with E-state index in [9.17, 15) is 0 Å². The Morgan fingerprint density at radius 2 is 1.75 bits per heavy atom. The molecule has 0 amide bonds. The van der Waals surface area contributed by atoms with Crippen LogP contribution >= 0.6 is 15.9 Å². The molecule has 20 heavy (non-hydrogen) atoms. The average molecular weight is 339 g/mol. The molecule has 1 fully saturated rings. The van der Waals surface area contributed by atoms with Crippen molar-refractivity contribution in [2.75, 3.05) is 13.6 Å². The summed E-state index contributed by atoms with van der Waals surface area (Å²) < 4.78 is 1.14. The quantitative estimate of drug-likeness (QED) is 0.897. The molecular weight excluding hydrogens is 312 g/mol. The minimum absolute atomic E-state index is 0.171. The summed E-state index contributed by atoms with van der Waals surface area (Å²) >= 11 is 3.49. The molecule has 2 nitrogen and oxygen atoms in total. The molecule has 0 radical (unpaired) electrons. The lowest BCUT2D eigenvalue weighted by Gasteiger charge is -2.48. The van der Waals surface area contributed by atoms with Crippen LogP contribution in [0.1, 0.15) is 38.7 Å². The van der Waals surface area contributed by atoms with Crippen LogP contribution in [0, 0.1) is 11.8 Å². The first-order valence-electron chi connectivity index (χ1n) is 7.61. The number of likely N-dealkylation sites (N-methyl/N-ethyl adjacent to an activating group) is 1. The maximum absolute atomic E-state index is 6.19. The largest absolute Gasteiger partial charge is 0.329 e.